The van der Waals surface area contributed by atoms with E-state index in [9.17, 15) is 9.18 Å². The van der Waals surface area contributed by atoms with Crippen molar-refractivity contribution in [3.63, 3.8) is 0 Å². The summed E-state index contributed by atoms with van der Waals surface area (Å²) in [5.41, 5.74) is 0.439. The highest BCUT2D eigenvalue weighted by atomic mass is 32.2. The quantitative estimate of drug-likeness (QED) is 0.827. The number of methoxy groups -OCH3 is 1. The van der Waals surface area contributed by atoms with Crippen LogP contribution in [-0.2, 0) is 11.2 Å². The molecule has 1 saturated heterocycles. The molecule has 2 rings (SSSR count). The van der Waals surface area contributed by atoms with E-state index in [-0.39, 0.29) is 18.0 Å². The average molecular weight is 282 g/mol. The van der Waals surface area contributed by atoms with Gasteiger partial charge in [-0.1, -0.05) is 12.1 Å². The van der Waals surface area contributed by atoms with Crippen molar-refractivity contribution in [3.8, 4) is 5.75 Å². The number of rotatable bonds is 5. The minimum atomic E-state index is -0.405. The van der Waals surface area contributed by atoms with E-state index in [2.05, 4.69) is 0 Å². The lowest BCUT2D eigenvalue weighted by molar-refractivity contribution is -0.119. The predicted molar refractivity (Wildman–Crippen MR) is 76.3 cm³/mol. The third-order valence-corrected chi connectivity index (χ3v) is 4.56. The third kappa shape index (κ3) is 3.96. The summed E-state index contributed by atoms with van der Waals surface area (Å²) in [5.74, 6) is 2.71. The summed E-state index contributed by atoms with van der Waals surface area (Å²) in [5, 5.41) is 0. The molecule has 0 atom stereocenters. The van der Waals surface area contributed by atoms with Crippen LogP contribution in [0.5, 0.6) is 5.75 Å². The summed E-state index contributed by atoms with van der Waals surface area (Å²) < 4.78 is 18.9. The largest absolute Gasteiger partial charge is 0.494 e. The Balaban J connectivity index is 1.94. The third-order valence-electron chi connectivity index (χ3n) is 3.51. The Morgan fingerprint density at radius 2 is 2.16 bits per heavy atom. The number of halogens is 1. The first-order chi connectivity index (χ1) is 9.20. The lowest BCUT2D eigenvalue weighted by atomic mass is 9.93. The Kier molecular flexibility index (Phi) is 5.25. The number of carbonyl (C=O) groups excluding carboxylic acids is 1. The van der Waals surface area contributed by atoms with Crippen molar-refractivity contribution in [3.05, 3.63) is 29.6 Å². The number of hydrogen-bond donors (Lipinski definition) is 0. The van der Waals surface area contributed by atoms with Gasteiger partial charge in [0.15, 0.2) is 11.6 Å². The fraction of sp³-hybridized carbons (Fsp3) is 0.533. The molecule has 1 aromatic rings. The van der Waals surface area contributed by atoms with Gasteiger partial charge in [-0.2, -0.15) is 11.8 Å². The zero-order valence-electron chi connectivity index (χ0n) is 11.2. The summed E-state index contributed by atoms with van der Waals surface area (Å²) >= 11 is 1.95. The molecule has 2 nitrogen and oxygen atoms in total. The molecular formula is C15H19FO2S. The fourth-order valence-electron chi connectivity index (χ4n) is 2.41. The Hall–Kier alpha value is -1.03. The molecule has 1 aliphatic heterocycles. The van der Waals surface area contributed by atoms with Crippen LogP contribution in [0.25, 0.3) is 0 Å². The average Bonchev–Trinajstić information content (AvgIpc) is 2.42. The zero-order valence-corrected chi connectivity index (χ0v) is 12.0. The van der Waals surface area contributed by atoms with Gasteiger partial charge in [-0.15, -0.1) is 0 Å². The van der Waals surface area contributed by atoms with Gasteiger partial charge in [-0.3, -0.25) is 4.79 Å². The maximum atomic E-state index is 13.9. The molecule has 0 amide bonds. The van der Waals surface area contributed by atoms with Crippen molar-refractivity contribution in [2.75, 3.05) is 18.6 Å². The number of Topliss-reactive ketones (excluding diaryl/α,β-unsaturated/α-hetero) is 1. The van der Waals surface area contributed by atoms with E-state index in [0.717, 1.165) is 24.3 Å². The molecule has 0 saturated carbocycles. The Labute approximate surface area is 117 Å². The van der Waals surface area contributed by atoms with Crippen molar-refractivity contribution in [2.24, 2.45) is 5.92 Å². The van der Waals surface area contributed by atoms with Crippen LogP contribution in [0.4, 0.5) is 4.39 Å². The van der Waals surface area contributed by atoms with E-state index in [1.165, 1.54) is 7.11 Å². The molecule has 1 fully saturated rings. The fourth-order valence-corrected chi connectivity index (χ4v) is 3.61. The first kappa shape index (κ1) is 14.4. The number of benzene rings is 1. The molecule has 0 aromatic heterocycles. The second-order valence-electron chi connectivity index (χ2n) is 4.91. The standard InChI is InChI=1S/C15H19FO2S/c1-18-14-4-2-3-12(15(14)16)10-13(17)9-11-5-7-19-8-6-11/h2-4,11H,5-10H2,1H3. The molecule has 1 heterocycles. The number of hydrogen-bond acceptors (Lipinski definition) is 3. The van der Waals surface area contributed by atoms with Crippen LogP contribution in [0, 0.1) is 11.7 Å². The molecule has 0 N–H and O–H groups in total. The van der Waals surface area contributed by atoms with Gasteiger partial charge in [0.05, 0.1) is 7.11 Å². The van der Waals surface area contributed by atoms with Crippen LogP contribution in [-0.4, -0.2) is 24.4 Å². The van der Waals surface area contributed by atoms with Gasteiger partial charge < -0.3 is 4.74 Å². The number of ether oxygens (including phenoxy) is 1. The lowest BCUT2D eigenvalue weighted by Crippen LogP contribution is -2.16. The van der Waals surface area contributed by atoms with Crippen molar-refractivity contribution in [1.29, 1.82) is 0 Å². The molecule has 19 heavy (non-hydrogen) atoms. The molecule has 0 aliphatic carbocycles. The Morgan fingerprint density at radius 1 is 1.42 bits per heavy atom. The Bertz CT molecular complexity index is 442. The normalized spacial score (nSPS) is 16.3. The highest BCUT2D eigenvalue weighted by molar-refractivity contribution is 7.99. The minimum Gasteiger partial charge on any atom is -0.494 e. The van der Waals surface area contributed by atoms with Crippen molar-refractivity contribution in [2.45, 2.75) is 25.7 Å². The monoisotopic (exact) mass is 282 g/mol. The lowest BCUT2D eigenvalue weighted by Gasteiger charge is -2.20. The first-order valence-corrected chi connectivity index (χ1v) is 7.77. The highest BCUT2D eigenvalue weighted by Gasteiger charge is 2.19. The van der Waals surface area contributed by atoms with E-state index >= 15 is 0 Å². The molecule has 104 valence electrons. The maximum Gasteiger partial charge on any atom is 0.168 e. The van der Waals surface area contributed by atoms with Crippen molar-refractivity contribution >= 4 is 17.5 Å². The second kappa shape index (κ2) is 6.94. The molecular weight excluding hydrogens is 263 g/mol. The maximum absolute atomic E-state index is 13.9. The number of thioether (sulfide) groups is 1. The number of ketones is 1. The van der Waals surface area contributed by atoms with Gasteiger partial charge in [-0.05, 0) is 41.9 Å². The van der Waals surface area contributed by atoms with E-state index < -0.39 is 5.82 Å². The minimum absolute atomic E-state index is 0.129. The smallest absolute Gasteiger partial charge is 0.168 e. The Morgan fingerprint density at radius 3 is 2.84 bits per heavy atom. The van der Waals surface area contributed by atoms with Crippen LogP contribution >= 0.6 is 11.8 Å². The van der Waals surface area contributed by atoms with Crippen LogP contribution in [0.2, 0.25) is 0 Å². The first-order valence-electron chi connectivity index (χ1n) is 6.61. The number of carbonyl (C=O) groups is 1. The SMILES string of the molecule is COc1cccc(CC(=O)CC2CCSCC2)c1F. The highest BCUT2D eigenvalue weighted by Crippen LogP contribution is 2.26. The zero-order chi connectivity index (χ0) is 13.7. The molecule has 1 aliphatic rings. The topological polar surface area (TPSA) is 26.3 Å². The van der Waals surface area contributed by atoms with Crippen molar-refractivity contribution < 1.29 is 13.9 Å². The van der Waals surface area contributed by atoms with E-state index in [0.29, 0.717) is 17.9 Å². The van der Waals surface area contributed by atoms with Gasteiger partial charge in [0.2, 0.25) is 0 Å². The summed E-state index contributed by atoms with van der Waals surface area (Å²) in [6, 6.07) is 4.95. The molecule has 1 aromatic carbocycles. The molecule has 0 unspecified atom stereocenters. The summed E-state index contributed by atoms with van der Waals surface area (Å²) in [4.78, 5) is 12.0. The molecule has 4 heteroatoms. The van der Waals surface area contributed by atoms with Crippen LogP contribution < -0.4 is 4.74 Å². The van der Waals surface area contributed by atoms with Gasteiger partial charge in [-0.25, -0.2) is 4.39 Å². The van der Waals surface area contributed by atoms with Gasteiger partial charge in [0.25, 0.3) is 0 Å². The van der Waals surface area contributed by atoms with Crippen LogP contribution in [0.3, 0.4) is 0 Å². The van der Waals surface area contributed by atoms with Gasteiger partial charge in [0, 0.05) is 12.8 Å². The van der Waals surface area contributed by atoms with Crippen LogP contribution in [0.15, 0.2) is 18.2 Å². The summed E-state index contributed by atoms with van der Waals surface area (Å²) in [6.45, 7) is 0. The second-order valence-corrected chi connectivity index (χ2v) is 6.13. The van der Waals surface area contributed by atoms with Crippen LogP contribution in [0.1, 0.15) is 24.8 Å². The van der Waals surface area contributed by atoms with E-state index in [1.54, 1.807) is 18.2 Å². The van der Waals surface area contributed by atoms with Gasteiger partial charge in [0.1, 0.15) is 5.78 Å². The summed E-state index contributed by atoms with van der Waals surface area (Å²) in [6.07, 6.45) is 2.97. The molecule has 0 bridgehead atoms. The van der Waals surface area contributed by atoms with Gasteiger partial charge >= 0.3 is 0 Å². The molecule has 0 spiro atoms. The van der Waals surface area contributed by atoms with Crippen molar-refractivity contribution in [1.82, 2.24) is 0 Å². The summed E-state index contributed by atoms with van der Waals surface area (Å²) in [7, 11) is 1.43. The van der Waals surface area contributed by atoms with E-state index in [4.69, 9.17) is 4.74 Å². The molecule has 0 radical (unpaired) electrons. The van der Waals surface area contributed by atoms with E-state index in [1.807, 2.05) is 11.8 Å². The predicted octanol–water partition coefficient (Wildman–Crippen LogP) is 3.48.